The normalized spacial score (nSPS) is 14.6. The van der Waals surface area contributed by atoms with Gasteiger partial charge in [0, 0.05) is 34.5 Å². The second-order valence-electron chi connectivity index (χ2n) is 5.37. The van der Waals surface area contributed by atoms with Crippen LogP contribution in [0.15, 0.2) is 24.3 Å². The second kappa shape index (κ2) is 9.26. The van der Waals surface area contributed by atoms with E-state index >= 15 is 0 Å². The molecule has 2 amide bonds. The van der Waals surface area contributed by atoms with Gasteiger partial charge in [0.05, 0.1) is 6.04 Å². The molecule has 0 aromatic heterocycles. The van der Waals surface area contributed by atoms with Crippen molar-refractivity contribution in [1.82, 2.24) is 5.32 Å². The Morgan fingerprint density at radius 3 is 2.61 bits per heavy atom. The summed E-state index contributed by atoms with van der Waals surface area (Å²) in [6, 6.07) is 6.14. The predicted molar refractivity (Wildman–Crippen MR) is 90.9 cm³/mol. The second-order valence-corrected chi connectivity index (χ2v) is 6.93. The van der Waals surface area contributed by atoms with E-state index in [-0.39, 0.29) is 11.9 Å². The first kappa shape index (κ1) is 19.1. The zero-order valence-electron chi connectivity index (χ0n) is 13.2. The van der Waals surface area contributed by atoms with Gasteiger partial charge in [-0.15, -0.1) is 0 Å². The third kappa shape index (κ3) is 7.25. The summed E-state index contributed by atoms with van der Waals surface area (Å²) >= 11 is 0. The van der Waals surface area contributed by atoms with Crippen LogP contribution in [0.2, 0.25) is 0 Å². The molecule has 0 bridgehead atoms. The summed E-state index contributed by atoms with van der Waals surface area (Å²) in [7, 11) is -0.991. The molecule has 128 valence electrons. The van der Waals surface area contributed by atoms with Gasteiger partial charge in [-0.05, 0) is 31.4 Å². The van der Waals surface area contributed by atoms with Gasteiger partial charge in [0.2, 0.25) is 5.91 Å². The highest BCUT2D eigenvalue weighted by Crippen LogP contribution is 2.17. The van der Waals surface area contributed by atoms with Crippen LogP contribution in [0, 0.1) is 0 Å². The molecule has 3 atom stereocenters. The van der Waals surface area contributed by atoms with Gasteiger partial charge in [-0.3, -0.25) is 9.00 Å². The monoisotopic (exact) mass is 341 g/mol. The smallest absolute Gasteiger partial charge is 0.404 e. The SMILES string of the molecule is C[C@@H](Cc1ccccc1NC(=O)[C@H](N)CCS(C)=O)NC(=O)O. The summed E-state index contributed by atoms with van der Waals surface area (Å²) in [4.78, 5) is 22.8. The van der Waals surface area contributed by atoms with Crippen LogP contribution in [0.1, 0.15) is 18.9 Å². The highest BCUT2D eigenvalue weighted by atomic mass is 32.2. The Morgan fingerprint density at radius 2 is 2.00 bits per heavy atom. The van der Waals surface area contributed by atoms with Gasteiger partial charge in [0.25, 0.3) is 0 Å². The van der Waals surface area contributed by atoms with Gasteiger partial charge in [0.1, 0.15) is 0 Å². The molecule has 1 aromatic carbocycles. The van der Waals surface area contributed by atoms with Crippen molar-refractivity contribution in [1.29, 1.82) is 0 Å². The minimum absolute atomic E-state index is 0.290. The standard InChI is InChI=1S/C15H23N3O4S/c1-10(17-15(20)21)9-11-5-3-4-6-13(11)18-14(19)12(16)7-8-23(2)22/h3-6,10,12,17H,7-9,16H2,1-2H3,(H,18,19)(H,20,21)/t10-,12+,23?/m0/s1. The van der Waals surface area contributed by atoms with Gasteiger partial charge >= 0.3 is 6.09 Å². The summed E-state index contributed by atoms with van der Waals surface area (Å²) in [6.07, 6.45) is 1.26. The molecule has 1 unspecified atom stereocenters. The molecule has 7 nitrogen and oxygen atoms in total. The van der Waals surface area contributed by atoms with Crippen LogP contribution in [0.3, 0.4) is 0 Å². The Morgan fingerprint density at radius 1 is 1.35 bits per heavy atom. The highest BCUT2D eigenvalue weighted by Gasteiger charge is 2.16. The molecule has 0 spiro atoms. The average Bonchev–Trinajstić information content (AvgIpc) is 2.45. The van der Waals surface area contributed by atoms with E-state index in [0.29, 0.717) is 24.3 Å². The Kier molecular flexibility index (Phi) is 7.70. The lowest BCUT2D eigenvalue weighted by atomic mass is 10.0. The Balaban J connectivity index is 2.71. The lowest BCUT2D eigenvalue weighted by molar-refractivity contribution is -0.117. The minimum Gasteiger partial charge on any atom is -0.465 e. The van der Waals surface area contributed by atoms with Crippen molar-refractivity contribution in [2.45, 2.75) is 31.8 Å². The van der Waals surface area contributed by atoms with E-state index in [1.165, 1.54) is 0 Å². The zero-order chi connectivity index (χ0) is 17.4. The summed E-state index contributed by atoms with van der Waals surface area (Å²) in [5.74, 6) is 0.0252. The van der Waals surface area contributed by atoms with Crippen LogP contribution in [-0.2, 0) is 22.0 Å². The molecule has 0 fully saturated rings. The average molecular weight is 341 g/mol. The predicted octanol–water partition coefficient (Wildman–Crippen LogP) is 0.920. The van der Waals surface area contributed by atoms with Gasteiger partial charge < -0.3 is 21.5 Å². The van der Waals surface area contributed by atoms with Gasteiger partial charge in [0.15, 0.2) is 0 Å². The molecular formula is C15H23N3O4S. The maximum Gasteiger partial charge on any atom is 0.404 e. The van der Waals surface area contributed by atoms with Crippen molar-refractivity contribution >= 4 is 28.5 Å². The molecule has 0 aliphatic heterocycles. The number of amides is 2. The van der Waals surface area contributed by atoms with Crippen molar-refractivity contribution in [3.05, 3.63) is 29.8 Å². The number of benzene rings is 1. The van der Waals surface area contributed by atoms with Gasteiger partial charge in [-0.25, -0.2) is 4.79 Å². The first-order valence-corrected chi connectivity index (χ1v) is 8.96. The number of carboxylic acid groups (broad SMARTS) is 1. The molecular weight excluding hydrogens is 318 g/mol. The fraction of sp³-hybridized carbons (Fsp3) is 0.467. The van der Waals surface area contributed by atoms with E-state index in [4.69, 9.17) is 10.8 Å². The first-order valence-electron chi connectivity index (χ1n) is 7.23. The van der Waals surface area contributed by atoms with E-state index in [1.807, 2.05) is 12.1 Å². The van der Waals surface area contributed by atoms with E-state index in [1.54, 1.807) is 25.3 Å². The van der Waals surface area contributed by atoms with Crippen molar-refractivity contribution < 1.29 is 18.9 Å². The van der Waals surface area contributed by atoms with Crippen LogP contribution < -0.4 is 16.4 Å². The topological polar surface area (TPSA) is 122 Å². The van der Waals surface area contributed by atoms with Crippen LogP contribution >= 0.6 is 0 Å². The minimum atomic E-state index is -1.09. The summed E-state index contributed by atoms with van der Waals surface area (Å²) in [5, 5.41) is 13.9. The number of para-hydroxylation sites is 1. The summed E-state index contributed by atoms with van der Waals surface area (Å²) in [6.45, 7) is 1.75. The lowest BCUT2D eigenvalue weighted by Crippen LogP contribution is -2.37. The van der Waals surface area contributed by atoms with E-state index in [0.717, 1.165) is 5.56 Å². The van der Waals surface area contributed by atoms with Crippen molar-refractivity contribution in [3.8, 4) is 0 Å². The maximum atomic E-state index is 12.1. The van der Waals surface area contributed by atoms with Crippen molar-refractivity contribution in [2.75, 3.05) is 17.3 Å². The van der Waals surface area contributed by atoms with E-state index in [2.05, 4.69) is 10.6 Å². The molecule has 1 aromatic rings. The number of anilines is 1. The summed E-state index contributed by atoms with van der Waals surface area (Å²) < 4.78 is 11.1. The number of hydrogen-bond acceptors (Lipinski definition) is 4. The van der Waals surface area contributed by atoms with Crippen LogP contribution in [0.4, 0.5) is 10.5 Å². The Hall–Kier alpha value is -1.93. The van der Waals surface area contributed by atoms with Gasteiger partial charge in [-0.2, -0.15) is 0 Å². The number of hydrogen-bond donors (Lipinski definition) is 4. The molecule has 0 heterocycles. The number of nitrogens with one attached hydrogen (secondary N) is 2. The number of nitrogens with two attached hydrogens (primary N) is 1. The molecule has 5 N–H and O–H groups in total. The molecule has 0 aliphatic rings. The molecule has 0 radical (unpaired) electrons. The molecule has 23 heavy (non-hydrogen) atoms. The fourth-order valence-corrected chi connectivity index (χ4v) is 2.65. The Labute approximate surface area is 138 Å². The molecule has 8 heteroatoms. The number of rotatable bonds is 8. The van der Waals surface area contributed by atoms with Crippen LogP contribution in [-0.4, -0.2) is 45.4 Å². The third-order valence-electron chi connectivity index (χ3n) is 3.22. The maximum absolute atomic E-state index is 12.1. The van der Waals surface area contributed by atoms with E-state index < -0.39 is 22.9 Å². The quantitative estimate of drug-likeness (QED) is 0.560. The fourth-order valence-electron chi connectivity index (χ4n) is 2.06. The summed E-state index contributed by atoms with van der Waals surface area (Å²) in [5.41, 5.74) is 7.21. The van der Waals surface area contributed by atoms with Crippen molar-refractivity contribution in [2.24, 2.45) is 5.73 Å². The first-order chi connectivity index (χ1) is 10.8. The highest BCUT2D eigenvalue weighted by molar-refractivity contribution is 7.84. The van der Waals surface area contributed by atoms with Crippen LogP contribution in [0.5, 0.6) is 0 Å². The van der Waals surface area contributed by atoms with Gasteiger partial charge in [-0.1, -0.05) is 18.2 Å². The zero-order valence-corrected chi connectivity index (χ0v) is 14.1. The Bertz CT molecular complexity index is 580. The largest absolute Gasteiger partial charge is 0.465 e. The number of carbonyl (C=O) groups excluding carboxylic acids is 1. The van der Waals surface area contributed by atoms with Crippen molar-refractivity contribution in [3.63, 3.8) is 0 Å². The third-order valence-corrected chi connectivity index (χ3v) is 4.03. The van der Waals surface area contributed by atoms with E-state index in [9.17, 15) is 13.8 Å². The molecule has 0 saturated heterocycles. The lowest BCUT2D eigenvalue weighted by Gasteiger charge is -2.17. The van der Waals surface area contributed by atoms with Crippen LogP contribution in [0.25, 0.3) is 0 Å². The molecule has 0 saturated carbocycles. The molecule has 1 rings (SSSR count). The number of carbonyl (C=O) groups is 2. The molecule has 0 aliphatic carbocycles.